The Bertz CT molecular complexity index is 435. The van der Waals surface area contributed by atoms with Gasteiger partial charge in [-0.2, -0.15) is 0 Å². The van der Waals surface area contributed by atoms with Gasteiger partial charge in [-0.3, -0.25) is 0 Å². The van der Waals surface area contributed by atoms with Gasteiger partial charge in [0.15, 0.2) is 0 Å². The van der Waals surface area contributed by atoms with Gasteiger partial charge in [0.2, 0.25) is 0 Å². The quantitative estimate of drug-likeness (QED) is 0.439. The van der Waals surface area contributed by atoms with Gasteiger partial charge in [-0.25, -0.2) is 0 Å². The van der Waals surface area contributed by atoms with Gasteiger partial charge in [-0.1, -0.05) is 60.7 Å². The molecule has 102 valence electrons. The van der Waals surface area contributed by atoms with Crippen molar-refractivity contribution in [3.8, 4) is 0 Å². The maximum Gasteiger partial charge on any atom is 2.00 e. The van der Waals surface area contributed by atoms with E-state index in [1.807, 2.05) is 0 Å². The molecule has 0 saturated carbocycles. The van der Waals surface area contributed by atoms with E-state index in [9.17, 15) is 0 Å². The molecule has 1 heterocycles. The molecule has 20 heavy (non-hydrogen) atoms. The van der Waals surface area contributed by atoms with Crippen molar-refractivity contribution in [3.05, 3.63) is 71.8 Å². The molecule has 0 radical (unpaired) electrons. The Labute approximate surface area is 149 Å². The number of rotatable bonds is 4. The van der Waals surface area contributed by atoms with E-state index < -0.39 is 0 Å². The van der Waals surface area contributed by atoms with Gasteiger partial charge in [-0.15, -0.1) is 0 Å². The van der Waals surface area contributed by atoms with Crippen LogP contribution in [0.5, 0.6) is 0 Å². The fourth-order valence-electron chi connectivity index (χ4n) is 2.30. The third kappa shape index (κ3) is 5.26. The van der Waals surface area contributed by atoms with Gasteiger partial charge in [0.1, 0.15) is 0 Å². The van der Waals surface area contributed by atoms with Crippen LogP contribution < -0.4 is 24.8 Å². The zero-order valence-corrected chi connectivity index (χ0v) is 14.1. The summed E-state index contributed by atoms with van der Waals surface area (Å²) >= 11 is 0. The minimum absolute atomic E-state index is 0. The Morgan fingerprint density at radius 1 is 0.850 bits per heavy atom. The van der Waals surface area contributed by atoms with Crippen LogP contribution in [0.1, 0.15) is 23.5 Å². The van der Waals surface area contributed by atoms with Crippen LogP contribution in [0.15, 0.2) is 60.7 Å². The van der Waals surface area contributed by atoms with E-state index in [1.54, 1.807) is 0 Å². The summed E-state index contributed by atoms with van der Waals surface area (Å²) < 4.78 is 5.38. The van der Waals surface area contributed by atoms with Crippen molar-refractivity contribution >= 4 is 23.1 Å². The molecule has 2 aromatic carbocycles. The SMILES string of the molecule is [Cl-].[Cl-].[Mg+2].c1ccc(C(CC2CO2)c2ccccc2)cc1. The summed E-state index contributed by atoms with van der Waals surface area (Å²) in [4.78, 5) is 0. The molecule has 1 atom stereocenters. The van der Waals surface area contributed by atoms with E-state index in [4.69, 9.17) is 4.74 Å². The minimum Gasteiger partial charge on any atom is -1.00 e. The van der Waals surface area contributed by atoms with Gasteiger partial charge in [0.05, 0.1) is 12.7 Å². The Hall–Kier alpha value is -0.254. The molecular weight excluding hydrogens is 303 g/mol. The maximum atomic E-state index is 5.38. The third-order valence-electron chi connectivity index (χ3n) is 3.30. The van der Waals surface area contributed by atoms with Crippen molar-refractivity contribution in [1.29, 1.82) is 0 Å². The number of hydrogen-bond acceptors (Lipinski definition) is 1. The maximum absolute atomic E-state index is 5.38. The predicted molar refractivity (Wildman–Crippen MR) is 74.8 cm³/mol. The Morgan fingerprint density at radius 3 is 1.60 bits per heavy atom. The van der Waals surface area contributed by atoms with Gasteiger partial charge >= 0.3 is 23.1 Å². The monoisotopic (exact) mass is 318 g/mol. The number of halogens is 2. The normalized spacial score (nSPS) is 15.6. The predicted octanol–water partition coefficient (Wildman–Crippen LogP) is -2.77. The zero-order chi connectivity index (χ0) is 11.5. The topological polar surface area (TPSA) is 12.5 Å². The molecule has 2 aromatic rings. The molecule has 4 heteroatoms. The molecule has 0 aliphatic carbocycles. The van der Waals surface area contributed by atoms with E-state index in [-0.39, 0.29) is 47.9 Å². The smallest absolute Gasteiger partial charge is 1.00 e. The van der Waals surface area contributed by atoms with Crippen LogP contribution in [0.2, 0.25) is 0 Å². The molecule has 0 bridgehead atoms. The molecule has 1 unspecified atom stereocenters. The van der Waals surface area contributed by atoms with E-state index in [2.05, 4.69) is 60.7 Å². The van der Waals surface area contributed by atoms with Gasteiger partial charge in [0.25, 0.3) is 0 Å². The first-order valence-corrected chi connectivity index (χ1v) is 6.15. The van der Waals surface area contributed by atoms with E-state index >= 15 is 0 Å². The van der Waals surface area contributed by atoms with Crippen LogP contribution in [0.4, 0.5) is 0 Å². The largest absolute Gasteiger partial charge is 2.00 e. The molecule has 0 aromatic heterocycles. The molecule has 1 nitrogen and oxygen atoms in total. The molecule has 3 rings (SSSR count). The molecule has 0 amide bonds. The summed E-state index contributed by atoms with van der Waals surface area (Å²) in [6.07, 6.45) is 1.55. The Morgan fingerprint density at radius 2 is 1.25 bits per heavy atom. The van der Waals surface area contributed by atoms with Crippen LogP contribution in [0, 0.1) is 0 Å². The second-order valence-electron chi connectivity index (χ2n) is 4.56. The summed E-state index contributed by atoms with van der Waals surface area (Å²) in [6.45, 7) is 0.927. The summed E-state index contributed by atoms with van der Waals surface area (Å²) in [5, 5.41) is 0. The molecule has 1 aliphatic rings. The zero-order valence-electron chi connectivity index (χ0n) is 11.2. The molecule has 1 aliphatic heterocycles. The third-order valence-corrected chi connectivity index (χ3v) is 3.30. The van der Waals surface area contributed by atoms with E-state index in [0.717, 1.165) is 13.0 Å². The van der Waals surface area contributed by atoms with Crippen LogP contribution >= 0.6 is 0 Å². The fourth-order valence-corrected chi connectivity index (χ4v) is 2.30. The molecule has 0 N–H and O–H groups in total. The average molecular weight is 320 g/mol. The first kappa shape index (κ1) is 19.7. The number of epoxide rings is 1. The van der Waals surface area contributed by atoms with Crippen molar-refractivity contribution in [2.75, 3.05) is 6.61 Å². The summed E-state index contributed by atoms with van der Waals surface area (Å²) in [5.41, 5.74) is 2.77. The molecule has 1 saturated heterocycles. The summed E-state index contributed by atoms with van der Waals surface area (Å²) in [6, 6.07) is 21.4. The summed E-state index contributed by atoms with van der Waals surface area (Å²) in [7, 11) is 0. The molecule has 1 fully saturated rings. The van der Waals surface area contributed by atoms with E-state index in [0.29, 0.717) is 12.0 Å². The standard InChI is InChI=1S/C16H16O.2ClH.Mg/c1-3-7-13(8-4-1)16(11-15-12-17-15)14-9-5-2-6-10-14;;;/h1-10,15-16H,11-12H2;2*1H;/q;;;+2/p-2. The van der Waals surface area contributed by atoms with Crippen LogP contribution in [0.25, 0.3) is 0 Å². The van der Waals surface area contributed by atoms with Crippen LogP contribution in [0.3, 0.4) is 0 Å². The van der Waals surface area contributed by atoms with Crippen molar-refractivity contribution in [1.82, 2.24) is 0 Å². The van der Waals surface area contributed by atoms with Crippen molar-refractivity contribution < 1.29 is 29.6 Å². The van der Waals surface area contributed by atoms with Crippen molar-refractivity contribution in [2.24, 2.45) is 0 Å². The van der Waals surface area contributed by atoms with Gasteiger partial charge < -0.3 is 29.6 Å². The second kappa shape index (κ2) is 9.64. The molecular formula is C16H16Cl2MgO. The van der Waals surface area contributed by atoms with Crippen molar-refractivity contribution in [2.45, 2.75) is 18.4 Å². The van der Waals surface area contributed by atoms with Gasteiger partial charge in [-0.05, 0) is 17.5 Å². The fraction of sp³-hybridized carbons (Fsp3) is 0.250. The van der Waals surface area contributed by atoms with Crippen molar-refractivity contribution in [3.63, 3.8) is 0 Å². The first-order chi connectivity index (χ1) is 8.43. The number of ether oxygens (including phenoxy) is 1. The van der Waals surface area contributed by atoms with Crippen LogP contribution in [-0.4, -0.2) is 35.8 Å². The second-order valence-corrected chi connectivity index (χ2v) is 4.56. The van der Waals surface area contributed by atoms with Crippen LogP contribution in [-0.2, 0) is 4.74 Å². The van der Waals surface area contributed by atoms with E-state index in [1.165, 1.54) is 11.1 Å². The first-order valence-electron chi connectivity index (χ1n) is 6.15. The minimum atomic E-state index is 0. The summed E-state index contributed by atoms with van der Waals surface area (Å²) in [5.74, 6) is 0.463. The average Bonchev–Trinajstić information content (AvgIpc) is 3.22. The number of hydrogen-bond donors (Lipinski definition) is 0. The number of benzene rings is 2. The Balaban J connectivity index is 0.00000120. The Kier molecular flexibility index (Phi) is 9.52. The molecule has 0 spiro atoms. The van der Waals surface area contributed by atoms with Gasteiger partial charge in [0, 0.05) is 5.92 Å².